The number of nitro groups is 1. The van der Waals surface area contributed by atoms with Crippen molar-refractivity contribution in [1.82, 2.24) is 19.1 Å². The van der Waals surface area contributed by atoms with E-state index in [1.54, 1.807) is 36.5 Å². The second kappa shape index (κ2) is 6.88. The van der Waals surface area contributed by atoms with Gasteiger partial charge in [0.2, 0.25) is 0 Å². The first kappa shape index (κ1) is 17.3. The summed E-state index contributed by atoms with van der Waals surface area (Å²) in [6, 6.07) is 14.1. The Labute approximate surface area is 157 Å². The minimum absolute atomic E-state index is 0.0379. The van der Waals surface area contributed by atoms with Crippen LogP contribution in [0.25, 0.3) is 16.7 Å². The Kier molecular flexibility index (Phi) is 4.24. The Morgan fingerprint density at radius 1 is 0.929 bits per heavy atom. The molecule has 0 saturated carbocycles. The van der Waals surface area contributed by atoms with Crippen LogP contribution in [0.2, 0.25) is 0 Å². The lowest BCUT2D eigenvalue weighted by Crippen LogP contribution is -2.40. The maximum atomic E-state index is 13.2. The number of aromatic nitrogens is 4. The summed E-state index contributed by atoms with van der Waals surface area (Å²) in [5.41, 5.74) is -0.913. The number of nitro benzene ring substituents is 1. The average Bonchev–Trinajstić information content (AvgIpc) is 2.72. The molecular formula is C19H13N5O4. The van der Waals surface area contributed by atoms with Crippen LogP contribution in [0.4, 0.5) is 5.69 Å². The molecule has 0 saturated heterocycles. The Morgan fingerprint density at radius 3 is 2.43 bits per heavy atom. The standard InChI is InChI=1S/C19H13N5O4/c25-18-14-7-5-11-21-17(14)23(15-8-1-2-9-16(15)24(27)28)19(26)22(18)12-13-6-3-4-10-20-13/h1-11H,12H2. The van der Waals surface area contributed by atoms with E-state index in [1.807, 2.05) is 0 Å². The predicted molar refractivity (Wildman–Crippen MR) is 102 cm³/mol. The maximum absolute atomic E-state index is 13.2. The first-order valence-electron chi connectivity index (χ1n) is 8.32. The van der Waals surface area contributed by atoms with Crippen molar-refractivity contribution in [3.05, 3.63) is 104 Å². The Balaban J connectivity index is 2.09. The van der Waals surface area contributed by atoms with Gasteiger partial charge in [0, 0.05) is 18.5 Å². The highest BCUT2D eigenvalue weighted by molar-refractivity contribution is 5.76. The number of benzene rings is 1. The van der Waals surface area contributed by atoms with Gasteiger partial charge in [0.1, 0.15) is 5.69 Å². The Bertz CT molecular complexity index is 1310. The zero-order valence-electron chi connectivity index (χ0n) is 14.4. The summed E-state index contributed by atoms with van der Waals surface area (Å²) in [6.45, 7) is -0.0655. The summed E-state index contributed by atoms with van der Waals surface area (Å²) in [7, 11) is 0. The second-order valence-corrected chi connectivity index (χ2v) is 5.95. The molecule has 0 N–H and O–H groups in total. The molecule has 0 atom stereocenters. The van der Waals surface area contributed by atoms with Gasteiger partial charge in [-0.2, -0.15) is 0 Å². The lowest BCUT2D eigenvalue weighted by Gasteiger charge is -2.13. The summed E-state index contributed by atoms with van der Waals surface area (Å²) in [5, 5.41) is 11.7. The van der Waals surface area contributed by atoms with Gasteiger partial charge in [0.05, 0.1) is 22.5 Å². The van der Waals surface area contributed by atoms with Crippen molar-refractivity contribution in [2.75, 3.05) is 0 Å². The van der Waals surface area contributed by atoms with E-state index >= 15 is 0 Å². The molecule has 3 heterocycles. The van der Waals surface area contributed by atoms with Crippen LogP contribution >= 0.6 is 0 Å². The van der Waals surface area contributed by atoms with Gasteiger partial charge < -0.3 is 0 Å². The average molecular weight is 375 g/mol. The summed E-state index contributed by atoms with van der Waals surface area (Å²) in [4.78, 5) is 45.3. The van der Waals surface area contributed by atoms with Crippen molar-refractivity contribution in [1.29, 1.82) is 0 Å². The van der Waals surface area contributed by atoms with Crippen molar-refractivity contribution in [3.63, 3.8) is 0 Å². The van der Waals surface area contributed by atoms with Crippen LogP contribution in [-0.2, 0) is 6.54 Å². The van der Waals surface area contributed by atoms with E-state index in [-0.39, 0.29) is 29.0 Å². The van der Waals surface area contributed by atoms with Gasteiger partial charge in [-0.1, -0.05) is 18.2 Å². The van der Waals surface area contributed by atoms with Crippen LogP contribution in [0.3, 0.4) is 0 Å². The van der Waals surface area contributed by atoms with Crippen LogP contribution in [0.1, 0.15) is 5.69 Å². The molecule has 4 rings (SSSR count). The van der Waals surface area contributed by atoms with Gasteiger partial charge in [-0.25, -0.2) is 14.3 Å². The molecule has 0 bridgehead atoms. The van der Waals surface area contributed by atoms with Gasteiger partial charge in [-0.15, -0.1) is 0 Å². The molecule has 1 aromatic carbocycles. The van der Waals surface area contributed by atoms with Crippen molar-refractivity contribution in [2.45, 2.75) is 6.54 Å². The van der Waals surface area contributed by atoms with Crippen molar-refractivity contribution >= 4 is 16.7 Å². The van der Waals surface area contributed by atoms with E-state index in [4.69, 9.17) is 0 Å². The molecule has 9 nitrogen and oxygen atoms in total. The molecule has 9 heteroatoms. The van der Waals surface area contributed by atoms with E-state index in [9.17, 15) is 19.7 Å². The fourth-order valence-electron chi connectivity index (χ4n) is 3.00. The highest BCUT2D eigenvalue weighted by atomic mass is 16.6. The molecule has 0 aliphatic heterocycles. The number of hydrogen-bond donors (Lipinski definition) is 0. The highest BCUT2D eigenvalue weighted by Gasteiger charge is 2.21. The third kappa shape index (κ3) is 2.84. The number of para-hydroxylation sites is 2. The topological polar surface area (TPSA) is 113 Å². The first-order valence-corrected chi connectivity index (χ1v) is 8.32. The first-order chi connectivity index (χ1) is 13.6. The molecule has 0 unspecified atom stereocenters. The third-order valence-corrected chi connectivity index (χ3v) is 4.26. The molecule has 0 spiro atoms. The fraction of sp³-hybridized carbons (Fsp3) is 0.0526. The third-order valence-electron chi connectivity index (χ3n) is 4.26. The lowest BCUT2D eigenvalue weighted by atomic mass is 10.2. The lowest BCUT2D eigenvalue weighted by molar-refractivity contribution is -0.384. The second-order valence-electron chi connectivity index (χ2n) is 5.95. The molecule has 0 aliphatic rings. The van der Waals surface area contributed by atoms with Crippen LogP contribution in [0.5, 0.6) is 0 Å². The number of nitrogens with zero attached hydrogens (tertiary/aromatic N) is 5. The molecule has 28 heavy (non-hydrogen) atoms. The number of fused-ring (bicyclic) bond motifs is 1. The largest absolute Gasteiger partial charge is 0.337 e. The number of hydrogen-bond acceptors (Lipinski definition) is 6. The molecule has 0 radical (unpaired) electrons. The predicted octanol–water partition coefficient (Wildman–Crippen LogP) is 1.90. The highest BCUT2D eigenvalue weighted by Crippen LogP contribution is 2.22. The Hall–Kier alpha value is -4.14. The van der Waals surface area contributed by atoms with E-state index in [0.717, 1.165) is 9.13 Å². The van der Waals surface area contributed by atoms with E-state index in [2.05, 4.69) is 9.97 Å². The van der Waals surface area contributed by atoms with Gasteiger partial charge >= 0.3 is 5.69 Å². The molecule has 0 aliphatic carbocycles. The number of pyridine rings is 2. The molecule has 0 fully saturated rings. The zero-order chi connectivity index (χ0) is 19.7. The maximum Gasteiger partial charge on any atom is 0.337 e. The van der Waals surface area contributed by atoms with Crippen molar-refractivity contribution in [2.24, 2.45) is 0 Å². The molecule has 138 valence electrons. The van der Waals surface area contributed by atoms with Gasteiger partial charge in [-0.05, 0) is 30.3 Å². The molecular weight excluding hydrogens is 362 g/mol. The normalized spacial score (nSPS) is 10.9. The molecule has 3 aromatic heterocycles. The van der Waals surface area contributed by atoms with Gasteiger partial charge in [0.15, 0.2) is 5.65 Å². The van der Waals surface area contributed by atoms with Crippen LogP contribution < -0.4 is 11.2 Å². The summed E-state index contributed by atoms with van der Waals surface area (Å²) < 4.78 is 2.10. The minimum Gasteiger partial charge on any atom is -0.268 e. The van der Waals surface area contributed by atoms with Crippen molar-refractivity contribution < 1.29 is 4.92 Å². The molecule has 4 aromatic rings. The van der Waals surface area contributed by atoms with Crippen LogP contribution in [0, 0.1) is 10.1 Å². The smallest absolute Gasteiger partial charge is 0.268 e. The Morgan fingerprint density at radius 2 is 1.68 bits per heavy atom. The minimum atomic E-state index is -0.726. The SMILES string of the molecule is O=c1c2cccnc2n(-c2ccccc2[N+](=O)[O-])c(=O)n1Cc1ccccn1. The summed E-state index contributed by atoms with van der Waals surface area (Å²) in [5.74, 6) is 0. The van der Waals surface area contributed by atoms with Gasteiger partial charge in [-0.3, -0.25) is 24.5 Å². The fourth-order valence-corrected chi connectivity index (χ4v) is 3.00. The summed E-state index contributed by atoms with van der Waals surface area (Å²) >= 11 is 0. The van der Waals surface area contributed by atoms with E-state index < -0.39 is 16.2 Å². The van der Waals surface area contributed by atoms with E-state index in [0.29, 0.717) is 5.69 Å². The van der Waals surface area contributed by atoms with Crippen LogP contribution in [-0.4, -0.2) is 24.0 Å². The quantitative estimate of drug-likeness (QED) is 0.398. The number of rotatable bonds is 4. The van der Waals surface area contributed by atoms with Gasteiger partial charge in [0.25, 0.3) is 11.2 Å². The van der Waals surface area contributed by atoms with Crippen molar-refractivity contribution in [3.8, 4) is 5.69 Å². The monoisotopic (exact) mass is 375 g/mol. The van der Waals surface area contributed by atoms with Crippen LogP contribution in [0.15, 0.2) is 76.6 Å². The van der Waals surface area contributed by atoms with E-state index in [1.165, 1.54) is 30.5 Å². The zero-order valence-corrected chi connectivity index (χ0v) is 14.4. The summed E-state index contributed by atoms with van der Waals surface area (Å²) in [6.07, 6.45) is 2.99. The molecule has 0 amide bonds.